The number of benzene rings is 1. The minimum absolute atomic E-state index is 0.491. The fourth-order valence-corrected chi connectivity index (χ4v) is 5.47. The average Bonchev–Trinajstić information content (AvgIpc) is 2.91. The lowest BCUT2D eigenvalue weighted by molar-refractivity contribution is 0.0753. The van der Waals surface area contributed by atoms with Crippen LogP contribution in [0.15, 0.2) is 29.8 Å². The highest BCUT2D eigenvalue weighted by Gasteiger charge is 2.50. The number of allylic oxidation sites excluding steroid dienone is 2. The Kier molecular flexibility index (Phi) is 4.58. The van der Waals surface area contributed by atoms with E-state index in [1.165, 1.54) is 32.1 Å². The van der Waals surface area contributed by atoms with Gasteiger partial charge in [-0.3, -0.25) is 0 Å². The molecule has 1 fully saturated rings. The summed E-state index contributed by atoms with van der Waals surface area (Å²) in [6.07, 6.45) is 9.17. The van der Waals surface area contributed by atoms with E-state index in [-0.39, 0.29) is 0 Å². The van der Waals surface area contributed by atoms with Gasteiger partial charge >= 0.3 is 0 Å². The Morgan fingerprint density at radius 1 is 1.17 bits per heavy atom. The molecule has 0 aliphatic heterocycles. The van der Waals surface area contributed by atoms with Gasteiger partial charge in [0.05, 0.1) is 7.11 Å². The lowest BCUT2D eigenvalue weighted by Gasteiger charge is -2.50. The topological polar surface area (TPSA) is 9.23 Å². The molecule has 0 radical (unpaired) electrons. The number of hydrogen-bond acceptors (Lipinski definition) is 1. The van der Waals surface area contributed by atoms with Gasteiger partial charge < -0.3 is 4.74 Å². The van der Waals surface area contributed by atoms with Crippen LogP contribution < -0.4 is 4.74 Å². The molecule has 0 bridgehead atoms. The van der Waals surface area contributed by atoms with Gasteiger partial charge in [0.1, 0.15) is 5.75 Å². The number of aryl methyl sites for hydroxylation is 1. The molecule has 0 amide bonds. The van der Waals surface area contributed by atoms with Crippen LogP contribution >= 0.6 is 0 Å². The van der Waals surface area contributed by atoms with Gasteiger partial charge in [0, 0.05) is 0 Å². The third-order valence-corrected chi connectivity index (χ3v) is 6.90. The lowest BCUT2D eigenvalue weighted by atomic mass is 9.54. The molecule has 4 unspecified atom stereocenters. The van der Waals surface area contributed by atoms with Crippen molar-refractivity contribution < 1.29 is 4.74 Å². The van der Waals surface area contributed by atoms with Gasteiger partial charge in [0.15, 0.2) is 0 Å². The molecule has 0 saturated heterocycles. The zero-order chi connectivity index (χ0) is 16.6. The van der Waals surface area contributed by atoms with E-state index in [0.29, 0.717) is 5.41 Å². The molecule has 4 atom stereocenters. The minimum atomic E-state index is 0.491. The number of ether oxygens (including phenoxy) is 1. The Bertz CT molecular complexity index is 600. The van der Waals surface area contributed by atoms with Gasteiger partial charge in [0.25, 0.3) is 0 Å². The molecule has 1 aromatic carbocycles. The van der Waals surface area contributed by atoms with Crippen molar-refractivity contribution in [3.63, 3.8) is 0 Å². The molecule has 0 spiro atoms. The molecule has 1 aromatic rings. The van der Waals surface area contributed by atoms with Crippen LogP contribution in [0.5, 0.6) is 5.75 Å². The lowest BCUT2D eigenvalue weighted by Crippen LogP contribution is -2.40. The van der Waals surface area contributed by atoms with E-state index >= 15 is 0 Å². The van der Waals surface area contributed by atoms with E-state index in [9.17, 15) is 0 Å². The highest BCUT2D eigenvalue weighted by Crippen LogP contribution is 2.60. The zero-order valence-electron chi connectivity index (χ0n) is 15.5. The Morgan fingerprint density at radius 2 is 1.96 bits per heavy atom. The average molecular weight is 312 g/mol. The summed E-state index contributed by atoms with van der Waals surface area (Å²) in [5, 5.41) is 0. The van der Waals surface area contributed by atoms with Crippen LogP contribution in [0, 0.1) is 17.3 Å². The molecule has 1 saturated carbocycles. The van der Waals surface area contributed by atoms with E-state index < -0.39 is 0 Å². The maximum Gasteiger partial charge on any atom is 0.119 e. The van der Waals surface area contributed by atoms with Crippen LogP contribution in [0.4, 0.5) is 0 Å². The number of methoxy groups -OCH3 is 1. The Morgan fingerprint density at radius 3 is 2.70 bits per heavy atom. The molecule has 23 heavy (non-hydrogen) atoms. The van der Waals surface area contributed by atoms with Gasteiger partial charge in [-0.1, -0.05) is 38.5 Å². The largest absolute Gasteiger partial charge is 0.497 e. The van der Waals surface area contributed by atoms with Crippen molar-refractivity contribution in [3.8, 4) is 5.75 Å². The van der Waals surface area contributed by atoms with E-state index in [1.54, 1.807) is 23.8 Å². The van der Waals surface area contributed by atoms with Crippen LogP contribution in [0.1, 0.15) is 70.4 Å². The van der Waals surface area contributed by atoms with Gasteiger partial charge in [0.2, 0.25) is 0 Å². The monoisotopic (exact) mass is 312 g/mol. The second-order valence-electron chi connectivity index (χ2n) is 7.56. The Hall–Kier alpha value is -1.24. The van der Waals surface area contributed by atoms with Gasteiger partial charge in [-0.2, -0.15) is 0 Å². The predicted octanol–water partition coefficient (Wildman–Crippen LogP) is 6.13. The molecule has 1 nitrogen and oxygen atoms in total. The Labute approximate surface area is 142 Å². The first kappa shape index (κ1) is 16.6. The molecule has 0 N–H and O–H groups in total. The summed E-state index contributed by atoms with van der Waals surface area (Å²) in [6, 6.07) is 6.79. The van der Waals surface area contributed by atoms with Crippen LogP contribution in [0.3, 0.4) is 0 Å². The van der Waals surface area contributed by atoms with Gasteiger partial charge in [-0.15, -0.1) is 0 Å². The molecule has 1 heteroatoms. The summed E-state index contributed by atoms with van der Waals surface area (Å²) in [5.41, 5.74) is 5.32. The van der Waals surface area contributed by atoms with Crippen molar-refractivity contribution in [1.82, 2.24) is 0 Å². The smallest absolute Gasteiger partial charge is 0.119 e. The van der Waals surface area contributed by atoms with E-state index in [4.69, 9.17) is 4.74 Å². The molecular weight excluding hydrogens is 280 g/mol. The van der Waals surface area contributed by atoms with Crippen LogP contribution in [0.25, 0.3) is 0 Å². The third kappa shape index (κ3) is 2.53. The van der Waals surface area contributed by atoms with Crippen molar-refractivity contribution >= 4 is 0 Å². The summed E-state index contributed by atoms with van der Waals surface area (Å²) < 4.78 is 5.41. The fraction of sp³-hybridized carbons (Fsp3) is 0.636. The first-order valence-corrected chi connectivity index (χ1v) is 9.47. The summed E-state index contributed by atoms with van der Waals surface area (Å²) in [4.78, 5) is 0. The first-order valence-electron chi connectivity index (χ1n) is 9.47. The highest BCUT2D eigenvalue weighted by atomic mass is 16.5. The van der Waals surface area contributed by atoms with E-state index in [2.05, 4.69) is 38.1 Å². The van der Waals surface area contributed by atoms with Crippen LogP contribution in [-0.4, -0.2) is 7.11 Å². The number of rotatable bonds is 1. The molecule has 126 valence electrons. The van der Waals surface area contributed by atoms with E-state index in [0.717, 1.165) is 23.5 Å². The van der Waals surface area contributed by atoms with Gasteiger partial charge in [-0.05, 0) is 85.5 Å². The maximum absolute atomic E-state index is 5.41. The van der Waals surface area contributed by atoms with Crippen LogP contribution in [-0.2, 0) is 6.42 Å². The molecule has 0 aromatic heterocycles. The first-order chi connectivity index (χ1) is 11.1. The Balaban J connectivity index is 0.000000753. The third-order valence-electron chi connectivity index (χ3n) is 6.90. The zero-order valence-corrected chi connectivity index (χ0v) is 15.5. The van der Waals surface area contributed by atoms with Crippen molar-refractivity contribution in [2.24, 2.45) is 17.3 Å². The SMILES string of the molecule is CC.COc1ccc2c(c1)CCC1C2CCC2(C)C(C)=CCC12. The van der Waals surface area contributed by atoms with Crippen molar-refractivity contribution in [2.75, 3.05) is 7.11 Å². The van der Waals surface area contributed by atoms with Crippen molar-refractivity contribution in [3.05, 3.63) is 41.0 Å². The summed E-state index contributed by atoms with van der Waals surface area (Å²) in [7, 11) is 1.77. The summed E-state index contributed by atoms with van der Waals surface area (Å²) in [5.74, 6) is 3.58. The predicted molar refractivity (Wildman–Crippen MR) is 98.1 cm³/mol. The van der Waals surface area contributed by atoms with Crippen molar-refractivity contribution in [2.45, 2.75) is 65.7 Å². The molecule has 3 aliphatic carbocycles. The maximum atomic E-state index is 5.41. The van der Waals surface area contributed by atoms with Crippen molar-refractivity contribution in [1.29, 1.82) is 0 Å². The molecule has 3 aliphatic rings. The van der Waals surface area contributed by atoms with Crippen LogP contribution in [0.2, 0.25) is 0 Å². The summed E-state index contributed by atoms with van der Waals surface area (Å²) >= 11 is 0. The number of hydrogen-bond donors (Lipinski definition) is 0. The normalized spacial score (nSPS) is 34.3. The molecule has 4 rings (SSSR count). The second kappa shape index (κ2) is 6.34. The quantitative estimate of drug-likeness (QED) is 0.566. The fourth-order valence-electron chi connectivity index (χ4n) is 5.47. The molecular formula is C22H32O. The highest BCUT2D eigenvalue weighted by molar-refractivity contribution is 5.41. The minimum Gasteiger partial charge on any atom is -0.497 e. The number of fused-ring (bicyclic) bond motifs is 5. The second-order valence-corrected chi connectivity index (χ2v) is 7.56. The summed E-state index contributed by atoms with van der Waals surface area (Å²) in [6.45, 7) is 8.89. The standard InChI is InChI=1S/C20H26O.C2H6/c1-13-4-9-19-18-7-5-14-12-15(21-3)6-8-16(14)17(18)10-11-20(13,19)2;1-2/h4,6,8,12,17-19H,5,7,9-11H2,1-3H3;1-2H3. The van der Waals surface area contributed by atoms with Gasteiger partial charge in [-0.25, -0.2) is 0 Å². The van der Waals surface area contributed by atoms with E-state index in [1.807, 2.05) is 13.8 Å². The molecule has 0 heterocycles.